The molecule has 2 heterocycles. The van der Waals surface area contributed by atoms with Gasteiger partial charge in [-0.25, -0.2) is 18.7 Å². The van der Waals surface area contributed by atoms with Crippen molar-refractivity contribution < 1.29 is 8.78 Å². The maximum absolute atomic E-state index is 12.9. The van der Waals surface area contributed by atoms with Crippen molar-refractivity contribution in [3.05, 3.63) is 18.1 Å². The Labute approximate surface area is 101 Å². The minimum absolute atomic E-state index is 0.0929. The van der Waals surface area contributed by atoms with E-state index >= 15 is 0 Å². The zero-order chi connectivity index (χ0) is 12.9. The van der Waals surface area contributed by atoms with Crippen LogP contribution in [0.2, 0.25) is 0 Å². The highest BCUT2D eigenvalue weighted by atomic mass is 19.3. The average molecular weight is 249 g/mol. The third-order valence-corrected chi connectivity index (χ3v) is 3.15. The van der Waals surface area contributed by atoms with Gasteiger partial charge in [0.05, 0.1) is 12.0 Å². The zero-order valence-electron chi connectivity index (χ0n) is 9.27. The first-order valence-corrected chi connectivity index (χ1v) is 5.41. The van der Waals surface area contributed by atoms with E-state index in [1.807, 2.05) is 6.07 Å². The molecule has 0 spiro atoms. The van der Waals surface area contributed by atoms with Gasteiger partial charge in [-0.15, -0.1) is 0 Å². The molecule has 0 amide bonds. The van der Waals surface area contributed by atoms with Gasteiger partial charge in [0.25, 0.3) is 5.92 Å². The molecule has 0 saturated heterocycles. The van der Waals surface area contributed by atoms with Gasteiger partial charge in [0, 0.05) is 18.9 Å². The second-order valence-electron chi connectivity index (χ2n) is 4.45. The van der Waals surface area contributed by atoms with Gasteiger partial charge >= 0.3 is 0 Å². The molecule has 1 fully saturated rings. The fourth-order valence-electron chi connectivity index (χ4n) is 2.16. The van der Waals surface area contributed by atoms with E-state index in [1.54, 1.807) is 4.57 Å². The number of pyridine rings is 1. The van der Waals surface area contributed by atoms with E-state index in [0.29, 0.717) is 11.2 Å². The lowest BCUT2D eigenvalue weighted by atomic mass is 9.88. The summed E-state index contributed by atoms with van der Waals surface area (Å²) >= 11 is 0. The van der Waals surface area contributed by atoms with Crippen LogP contribution in [0.15, 0.2) is 12.4 Å². The molecule has 1 saturated carbocycles. The van der Waals surface area contributed by atoms with Gasteiger partial charge in [-0.05, 0) is 6.07 Å². The second-order valence-corrected chi connectivity index (χ2v) is 4.45. The number of halogens is 2. The molecule has 5 nitrogen and oxygen atoms in total. The van der Waals surface area contributed by atoms with Crippen molar-refractivity contribution in [1.82, 2.24) is 14.5 Å². The summed E-state index contributed by atoms with van der Waals surface area (Å²) in [5.41, 5.74) is 6.90. The predicted octanol–water partition coefficient (Wildman–Crippen LogP) is 1.86. The number of hydrogen-bond acceptors (Lipinski definition) is 4. The summed E-state index contributed by atoms with van der Waals surface area (Å²) < 4.78 is 27.3. The minimum Gasteiger partial charge on any atom is -0.396 e. The highest BCUT2D eigenvalue weighted by molar-refractivity contribution is 5.77. The number of aromatic nitrogens is 3. The van der Waals surface area contributed by atoms with Crippen molar-refractivity contribution in [2.75, 3.05) is 5.73 Å². The van der Waals surface area contributed by atoms with Crippen LogP contribution < -0.4 is 5.73 Å². The number of nitrogens with two attached hydrogens (primary N) is 1. The van der Waals surface area contributed by atoms with E-state index in [-0.39, 0.29) is 30.3 Å². The van der Waals surface area contributed by atoms with Gasteiger partial charge in [0.2, 0.25) is 0 Å². The summed E-state index contributed by atoms with van der Waals surface area (Å²) in [6, 6.07) is 3.09. The normalized spacial score (nSPS) is 18.5. The summed E-state index contributed by atoms with van der Waals surface area (Å²) in [6.45, 7) is 0. The van der Waals surface area contributed by atoms with Crippen molar-refractivity contribution in [3.8, 4) is 6.07 Å². The fourth-order valence-corrected chi connectivity index (χ4v) is 2.16. The molecule has 0 aliphatic heterocycles. The zero-order valence-corrected chi connectivity index (χ0v) is 9.27. The summed E-state index contributed by atoms with van der Waals surface area (Å²) in [4.78, 5) is 8.15. The molecule has 0 atom stereocenters. The van der Waals surface area contributed by atoms with E-state index in [4.69, 9.17) is 11.0 Å². The SMILES string of the molecule is N#Cc1nc2c(cc1N)ncn2C1CC(F)(F)C1. The van der Waals surface area contributed by atoms with Gasteiger partial charge in [0.1, 0.15) is 11.6 Å². The molecule has 2 aromatic rings. The van der Waals surface area contributed by atoms with E-state index in [0.717, 1.165) is 0 Å². The first-order chi connectivity index (χ1) is 8.50. The van der Waals surface area contributed by atoms with Gasteiger partial charge in [0.15, 0.2) is 11.3 Å². The number of nitrogens with zero attached hydrogens (tertiary/aromatic N) is 4. The van der Waals surface area contributed by atoms with Crippen molar-refractivity contribution in [2.45, 2.75) is 24.8 Å². The third-order valence-electron chi connectivity index (χ3n) is 3.15. The maximum Gasteiger partial charge on any atom is 0.252 e. The Hall–Kier alpha value is -2.23. The van der Waals surface area contributed by atoms with Gasteiger partial charge in [-0.1, -0.05) is 0 Å². The lowest BCUT2D eigenvalue weighted by Crippen LogP contribution is -2.36. The number of nitrogen functional groups attached to an aromatic ring is 1. The maximum atomic E-state index is 12.9. The van der Waals surface area contributed by atoms with Crippen LogP contribution in [-0.4, -0.2) is 20.5 Å². The summed E-state index contributed by atoms with van der Waals surface area (Å²) in [5.74, 6) is -2.60. The number of imidazole rings is 1. The van der Waals surface area contributed by atoms with E-state index in [2.05, 4.69) is 9.97 Å². The Morgan fingerprint density at radius 3 is 2.83 bits per heavy atom. The van der Waals surface area contributed by atoms with Crippen molar-refractivity contribution in [1.29, 1.82) is 5.26 Å². The predicted molar refractivity (Wildman–Crippen MR) is 59.9 cm³/mol. The van der Waals surface area contributed by atoms with E-state index < -0.39 is 5.92 Å². The highest BCUT2D eigenvalue weighted by Gasteiger charge is 2.46. The van der Waals surface area contributed by atoms with Gasteiger partial charge in [-0.3, -0.25) is 0 Å². The van der Waals surface area contributed by atoms with Crippen molar-refractivity contribution in [2.24, 2.45) is 0 Å². The quantitative estimate of drug-likeness (QED) is 0.836. The van der Waals surface area contributed by atoms with Gasteiger partial charge < -0.3 is 10.3 Å². The first-order valence-electron chi connectivity index (χ1n) is 5.41. The van der Waals surface area contributed by atoms with E-state index in [1.165, 1.54) is 12.4 Å². The molecule has 0 bridgehead atoms. The number of nitriles is 1. The third kappa shape index (κ3) is 1.49. The molecule has 7 heteroatoms. The van der Waals surface area contributed by atoms with Crippen LogP contribution in [0, 0.1) is 11.3 Å². The Morgan fingerprint density at radius 1 is 1.50 bits per heavy atom. The van der Waals surface area contributed by atoms with Crippen LogP contribution >= 0.6 is 0 Å². The van der Waals surface area contributed by atoms with Crippen LogP contribution in [0.3, 0.4) is 0 Å². The molecule has 0 aromatic carbocycles. The van der Waals surface area contributed by atoms with Crippen molar-refractivity contribution >= 4 is 16.9 Å². The Morgan fingerprint density at radius 2 is 2.22 bits per heavy atom. The summed E-state index contributed by atoms with van der Waals surface area (Å²) in [5, 5.41) is 8.86. The van der Waals surface area contributed by atoms with Crippen LogP contribution in [-0.2, 0) is 0 Å². The molecule has 0 radical (unpaired) electrons. The lowest BCUT2D eigenvalue weighted by Gasteiger charge is -2.35. The number of fused-ring (bicyclic) bond motifs is 1. The summed E-state index contributed by atoms with van der Waals surface area (Å²) in [6.07, 6.45) is 1.04. The number of hydrogen-bond donors (Lipinski definition) is 1. The molecule has 2 aromatic heterocycles. The van der Waals surface area contributed by atoms with Crippen LogP contribution in [0.4, 0.5) is 14.5 Å². The van der Waals surface area contributed by atoms with Gasteiger partial charge in [-0.2, -0.15) is 5.26 Å². The molecule has 92 valence electrons. The molecule has 1 aliphatic carbocycles. The minimum atomic E-state index is -2.60. The molecule has 3 rings (SSSR count). The Kier molecular flexibility index (Phi) is 2.05. The number of alkyl halides is 2. The van der Waals surface area contributed by atoms with Crippen LogP contribution in [0.25, 0.3) is 11.2 Å². The molecule has 1 aliphatic rings. The monoisotopic (exact) mass is 249 g/mol. The van der Waals surface area contributed by atoms with Crippen LogP contribution in [0.5, 0.6) is 0 Å². The van der Waals surface area contributed by atoms with Crippen molar-refractivity contribution in [3.63, 3.8) is 0 Å². The molecular formula is C11H9F2N5. The lowest BCUT2D eigenvalue weighted by molar-refractivity contribution is -0.103. The molecule has 0 unspecified atom stereocenters. The molecule has 2 N–H and O–H groups in total. The largest absolute Gasteiger partial charge is 0.396 e. The first kappa shape index (κ1) is 10.9. The Bertz CT molecular complexity index is 662. The average Bonchev–Trinajstić information content (AvgIpc) is 2.66. The topological polar surface area (TPSA) is 80.5 Å². The fraction of sp³-hybridized carbons (Fsp3) is 0.364. The number of rotatable bonds is 1. The standard InChI is InChI=1S/C11H9F2N5/c12-11(13)2-6(3-11)18-5-16-8-1-7(15)9(4-14)17-10(8)18/h1,5-6H,2-3,15H2. The number of anilines is 1. The smallest absolute Gasteiger partial charge is 0.252 e. The molecule has 18 heavy (non-hydrogen) atoms. The Balaban J connectivity index is 2.07. The van der Waals surface area contributed by atoms with E-state index in [9.17, 15) is 8.78 Å². The molecular weight excluding hydrogens is 240 g/mol. The highest BCUT2D eigenvalue weighted by Crippen LogP contribution is 2.46. The second kappa shape index (κ2) is 3.38. The van der Waals surface area contributed by atoms with Crippen LogP contribution in [0.1, 0.15) is 24.6 Å². The summed E-state index contributed by atoms with van der Waals surface area (Å²) in [7, 11) is 0.